The molecule has 1 fully saturated rings. The zero-order chi connectivity index (χ0) is 42.1. The Balaban J connectivity index is 1.10. The molecule has 6 rings (SSSR count). The highest BCUT2D eigenvalue weighted by Gasteiger charge is 2.37. The Morgan fingerprint density at radius 2 is 1.49 bits per heavy atom. The number of carbonyl (C=O) groups excluding carboxylic acids is 4. The number of likely N-dealkylation sites (tertiary alicyclic amines) is 1. The van der Waals surface area contributed by atoms with Crippen LogP contribution in [0.15, 0.2) is 91.3 Å². The smallest absolute Gasteiger partial charge is 0.407 e. The quantitative estimate of drug-likeness (QED) is 0.0837. The van der Waals surface area contributed by atoms with Crippen molar-refractivity contribution in [2.24, 2.45) is 5.92 Å². The number of ether oxygens (including phenoxy) is 2. The monoisotopic (exact) mass is 802 g/mol. The molecule has 4 N–H and O–H groups in total. The van der Waals surface area contributed by atoms with Gasteiger partial charge < -0.3 is 39.9 Å². The van der Waals surface area contributed by atoms with E-state index in [1.54, 1.807) is 9.80 Å². The molecule has 3 aromatic carbocycles. The molecule has 0 bridgehead atoms. The van der Waals surface area contributed by atoms with Crippen LogP contribution in [-0.2, 0) is 19.1 Å². The minimum Gasteiger partial charge on any atom is -0.453 e. The van der Waals surface area contributed by atoms with Gasteiger partial charge in [-0.3, -0.25) is 9.59 Å². The summed E-state index contributed by atoms with van der Waals surface area (Å²) in [5.41, 5.74) is 6.38. The molecular weight excluding hydrogens is 749 g/mol. The summed E-state index contributed by atoms with van der Waals surface area (Å²) >= 11 is 0. The maximum absolute atomic E-state index is 13.9. The number of carbonyl (C=O) groups is 4. The highest BCUT2D eigenvalue weighted by atomic mass is 16.5. The number of imidazole rings is 2. The number of hydrogen-bond acceptors (Lipinski definition) is 8. The molecule has 14 heteroatoms. The fraction of sp³-hybridized carbons (Fsp3) is 0.378. The van der Waals surface area contributed by atoms with E-state index in [-0.39, 0.29) is 29.7 Å². The largest absolute Gasteiger partial charge is 0.453 e. The van der Waals surface area contributed by atoms with Crippen LogP contribution in [0.4, 0.5) is 9.59 Å². The Morgan fingerprint density at radius 3 is 2.10 bits per heavy atom. The number of benzene rings is 3. The van der Waals surface area contributed by atoms with Gasteiger partial charge in [0.1, 0.15) is 23.7 Å². The number of alkyl carbamates (subject to hydrolysis) is 2. The van der Waals surface area contributed by atoms with E-state index < -0.39 is 24.3 Å². The molecule has 4 atom stereocenters. The molecule has 4 amide bonds. The van der Waals surface area contributed by atoms with Crippen LogP contribution < -0.4 is 10.6 Å². The molecule has 0 saturated carbocycles. The highest BCUT2D eigenvalue weighted by Crippen LogP contribution is 2.35. The van der Waals surface area contributed by atoms with Crippen molar-refractivity contribution in [3.8, 4) is 33.6 Å². The van der Waals surface area contributed by atoms with Crippen molar-refractivity contribution in [2.75, 3.05) is 33.9 Å². The second-order valence-electron chi connectivity index (χ2n) is 15.0. The summed E-state index contributed by atoms with van der Waals surface area (Å²) < 4.78 is 9.58. The summed E-state index contributed by atoms with van der Waals surface area (Å²) in [6.07, 6.45) is 4.74. The van der Waals surface area contributed by atoms with Gasteiger partial charge in [-0.05, 0) is 54.4 Å². The number of amides is 4. The molecule has 2 aromatic heterocycles. The number of aromatic amines is 2. The van der Waals surface area contributed by atoms with Crippen molar-refractivity contribution >= 4 is 24.0 Å². The Kier molecular flexibility index (Phi) is 13.8. The first kappa shape index (κ1) is 42.2. The lowest BCUT2D eigenvalue weighted by molar-refractivity contribution is -0.135. The second-order valence-corrected chi connectivity index (χ2v) is 15.0. The van der Waals surface area contributed by atoms with E-state index in [9.17, 15) is 19.2 Å². The van der Waals surface area contributed by atoms with Crippen molar-refractivity contribution < 1.29 is 28.7 Å². The highest BCUT2D eigenvalue weighted by molar-refractivity contribution is 5.88. The summed E-state index contributed by atoms with van der Waals surface area (Å²) in [7, 11) is 2.57. The number of H-pyrrole nitrogens is 2. The van der Waals surface area contributed by atoms with E-state index in [0.717, 1.165) is 58.7 Å². The molecule has 310 valence electrons. The van der Waals surface area contributed by atoms with E-state index in [0.29, 0.717) is 31.0 Å². The maximum atomic E-state index is 13.9. The molecule has 0 unspecified atom stereocenters. The van der Waals surface area contributed by atoms with Gasteiger partial charge in [-0.1, -0.05) is 99.6 Å². The fourth-order valence-corrected chi connectivity index (χ4v) is 7.56. The molecule has 1 aliphatic heterocycles. The van der Waals surface area contributed by atoms with Gasteiger partial charge in [0.15, 0.2) is 0 Å². The van der Waals surface area contributed by atoms with Gasteiger partial charge in [-0.25, -0.2) is 19.6 Å². The minimum absolute atomic E-state index is 0.0242. The van der Waals surface area contributed by atoms with Gasteiger partial charge in [-0.2, -0.15) is 0 Å². The summed E-state index contributed by atoms with van der Waals surface area (Å²) in [5.74, 6) is 1.01. The Bertz CT molecular complexity index is 2180. The van der Waals surface area contributed by atoms with Crippen LogP contribution in [0.25, 0.3) is 33.6 Å². The minimum atomic E-state index is -0.880. The Labute approximate surface area is 345 Å². The Hall–Kier alpha value is -6.44. The first-order valence-corrected chi connectivity index (χ1v) is 20.2. The van der Waals surface area contributed by atoms with Crippen molar-refractivity contribution in [1.82, 2.24) is 40.4 Å². The number of nitrogens with one attached hydrogen (secondary N) is 4. The number of rotatable bonds is 15. The number of aromatic nitrogens is 4. The summed E-state index contributed by atoms with van der Waals surface area (Å²) in [5, 5.41) is 5.40. The van der Waals surface area contributed by atoms with Crippen LogP contribution in [-0.4, -0.2) is 93.6 Å². The van der Waals surface area contributed by atoms with Gasteiger partial charge in [0.2, 0.25) is 5.91 Å². The van der Waals surface area contributed by atoms with Crippen LogP contribution in [0.5, 0.6) is 0 Å². The van der Waals surface area contributed by atoms with Gasteiger partial charge in [-0.15, -0.1) is 0 Å². The predicted molar refractivity (Wildman–Crippen MR) is 225 cm³/mol. The van der Waals surface area contributed by atoms with E-state index in [2.05, 4.69) is 63.9 Å². The van der Waals surface area contributed by atoms with E-state index in [4.69, 9.17) is 19.4 Å². The molecule has 0 aliphatic carbocycles. The number of methoxy groups -OCH3 is 2. The molecular formula is C45H54N8O6. The van der Waals surface area contributed by atoms with E-state index >= 15 is 0 Å². The first-order valence-electron chi connectivity index (χ1n) is 20.2. The van der Waals surface area contributed by atoms with Crippen molar-refractivity contribution in [3.63, 3.8) is 0 Å². The first-order chi connectivity index (χ1) is 28.5. The van der Waals surface area contributed by atoms with Crippen molar-refractivity contribution in [1.29, 1.82) is 0 Å². The van der Waals surface area contributed by atoms with Crippen LogP contribution in [0.3, 0.4) is 0 Å². The summed E-state index contributed by atoms with van der Waals surface area (Å²) in [6.45, 7) is 9.31. The lowest BCUT2D eigenvalue weighted by Gasteiger charge is -2.30. The fourth-order valence-electron chi connectivity index (χ4n) is 7.56. The van der Waals surface area contributed by atoms with E-state index in [1.165, 1.54) is 14.2 Å². The molecule has 0 radical (unpaired) electrons. The zero-order valence-electron chi connectivity index (χ0n) is 34.5. The number of nitrogens with zero attached hydrogens (tertiary/aromatic N) is 4. The number of likely N-dealkylation sites (N-methyl/N-ethyl adjacent to an activating group) is 1. The standard InChI is InChI=1S/C45H54N8O6/c1-7-29(27-52(8-2)42(54)38(28(3)4)50-44(56)58-5)40-46-25-35(48-40)32-20-16-30(17-21-32)31-18-22-33(23-19-31)36-26-47-41(49-36)37-15-12-24-53(37)43(55)39(51-45(57)59-6)34-13-10-9-11-14-34/h9-11,13-14,16-23,25-26,28-29,37-39H,7-8,12,15,24,27H2,1-6H3,(H,46,48)(H,47,49)(H,50,56)(H,51,57)/t29-,37-,38-,39+/m0/s1. The third-order valence-corrected chi connectivity index (χ3v) is 11.0. The van der Waals surface area contributed by atoms with Crippen LogP contribution in [0, 0.1) is 5.92 Å². The number of hydrogen-bond donors (Lipinski definition) is 4. The van der Waals surface area contributed by atoms with Gasteiger partial charge in [0, 0.05) is 37.3 Å². The topological polar surface area (TPSA) is 175 Å². The SMILES string of the molecule is CC[C@@H](CN(CC)C(=O)[C@@H](NC(=O)OC)C(C)C)c1ncc(-c2ccc(-c3ccc(-c4c[nH]c([C@@H]5CCCN5C(=O)[C@H](NC(=O)OC)c5ccccc5)n4)cc3)cc2)[nH]1. The van der Waals surface area contributed by atoms with Crippen molar-refractivity contribution in [3.05, 3.63) is 108 Å². The predicted octanol–water partition coefficient (Wildman–Crippen LogP) is 7.62. The average molecular weight is 803 g/mol. The maximum Gasteiger partial charge on any atom is 0.407 e. The third kappa shape index (κ3) is 9.82. The van der Waals surface area contributed by atoms with Crippen LogP contribution in [0.2, 0.25) is 0 Å². The lowest BCUT2D eigenvalue weighted by Crippen LogP contribution is -2.52. The lowest BCUT2D eigenvalue weighted by atomic mass is 10.0. The zero-order valence-corrected chi connectivity index (χ0v) is 34.5. The summed E-state index contributed by atoms with van der Waals surface area (Å²) in [4.78, 5) is 71.5. The van der Waals surface area contributed by atoms with Gasteiger partial charge in [0.25, 0.3) is 5.91 Å². The molecule has 0 spiro atoms. The van der Waals surface area contributed by atoms with E-state index in [1.807, 2.05) is 75.6 Å². The second kappa shape index (κ2) is 19.3. The van der Waals surface area contributed by atoms with Crippen molar-refractivity contribution in [2.45, 2.75) is 71.0 Å². The van der Waals surface area contributed by atoms with Gasteiger partial charge >= 0.3 is 12.2 Å². The van der Waals surface area contributed by atoms with Crippen LogP contribution >= 0.6 is 0 Å². The molecule has 1 aliphatic rings. The normalized spacial score (nSPS) is 15.3. The molecule has 5 aromatic rings. The third-order valence-electron chi connectivity index (χ3n) is 11.0. The molecule has 1 saturated heterocycles. The molecule has 59 heavy (non-hydrogen) atoms. The molecule has 14 nitrogen and oxygen atoms in total. The van der Waals surface area contributed by atoms with Gasteiger partial charge in [0.05, 0.1) is 37.8 Å². The molecule has 3 heterocycles. The van der Waals surface area contributed by atoms with Crippen LogP contribution in [0.1, 0.15) is 82.2 Å². The average Bonchev–Trinajstić information content (AvgIpc) is 4.07. The Morgan fingerprint density at radius 1 is 0.864 bits per heavy atom. The summed E-state index contributed by atoms with van der Waals surface area (Å²) in [6, 6.07) is 23.8.